The molecule has 0 saturated carbocycles. The van der Waals surface area contributed by atoms with Crippen LogP contribution in [0.4, 0.5) is 0 Å². The fraction of sp³-hybridized carbons (Fsp3) is 0.556. The van der Waals surface area contributed by atoms with Crippen molar-refractivity contribution in [3.05, 3.63) is 12.2 Å². The van der Waals surface area contributed by atoms with Gasteiger partial charge in [-0.1, -0.05) is 6.58 Å². The predicted molar refractivity (Wildman–Crippen MR) is 54.1 cm³/mol. The van der Waals surface area contributed by atoms with Gasteiger partial charge in [0.25, 0.3) is 0 Å². The molecule has 0 aliphatic carbocycles. The van der Waals surface area contributed by atoms with Crippen LogP contribution >= 0.6 is 11.6 Å². The van der Waals surface area contributed by atoms with E-state index in [4.69, 9.17) is 16.3 Å². The molecule has 14 heavy (non-hydrogen) atoms. The average Bonchev–Trinajstić information content (AvgIpc) is 2.12. The second kappa shape index (κ2) is 7.38. The second-order valence-electron chi connectivity index (χ2n) is 2.71. The van der Waals surface area contributed by atoms with Crippen molar-refractivity contribution in [1.29, 1.82) is 0 Å². The third-order valence-electron chi connectivity index (χ3n) is 1.33. The maximum Gasteiger partial charge on any atom is 0.333 e. The molecule has 0 aromatic rings. The van der Waals surface area contributed by atoms with Crippen LogP contribution in [0, 0.1) is 0 Å². The highest BCUT2D eigenvalue weighted by Gasteiger charge is 2.03. The minimum Gasteiger partial charge on any atom is -0.460 e. The summed E-state index contributed by atoms with van der Waals surface area (Å²) in [6.07, 6.45) is 0.274. The first-order valence-electron chi connectivity index (χ1n) is 4.23. The molecule has 0 atom stereocenters. The largest absolute Gasteiger partial charge is 0.460 e. The van der Waals surface area contributed by atoms with E-state index in [1.54, 1.807) is 6.92 Å². The summed E-state index contributed by atoms with van der Waals surface area (Å²) in [4.78, 5) is 21.7. The molecule has 0 aromatic heterocycles. The Hall–Kier alpha value is -1.03. The Labute approximate surface area is 88.3 Å². The molecule has 0 aromatic carbocycles. The molecule has 0 heterocycles. The van der Waals surface area contributed by atoms with E-state index in [0.717, 1.165) is 0 Å². The van der Waals surface area contributed by atoms with Gasteiger partial charge in [-0.15, -0.1) is 11.6 Å². The van der Waals surface area contributed by atoms with Crippen molar-refractivity contribution in [3.63, 3.8) is 0 Å². The number of hydrogen-bond donors (Lipinski definition) is 1. The number of rotatable bonds is 6. The number of ether oxygens (including phenoxy) is 1. The number of halogens is 1. The first-order chi connectivity index (χ1) is 6.57. The maximum atomic E-state index is 10.9. The highest BCUT2D eigenvalue weighted by Crippen LogP contribution is 1.90. The Morgan fingerprint density at radius 1 is 1.50 bits per heavy atom. The molecule has 80 valence electrons. The molecule has 5 heteroatoms. The number of amides is 1. The van der Waals surface area contributed by atoms with Crippen molar-refractivity contribution in [2.24, 2.45) is 0 Å². The minimum atomic E-state index is -0.448. The summed E-state index contributed by atoms with van der Waals surface area (Å²) in [5.74, 6) is -0.305. The van der Waals surface area contributed by atoms with Gasteiger partial charge < -0.3 is 10.1 Å². The molecular weight excluding hydrogens is 206 g/mol. The summed E-state index contributed by atoms with van der Waals surface area (Å²) < 4.78 is 4.75. The van der Waals surface area contributed by atoms with Gasteiger partial charge in [0.15, 0.2) is 0 Å². The standard InChI is InChI=1S/C9H14ClNO3/c1-7(2)9(13)14-6-5-11-8(12)3-4-10/h1,3-6H2,2H3,(H,11,12). The predicted octanol–water partition coefficient (Wildman–Crippen LogP) is 0.851. The normalized spacial score (nSPS) is 9.29. The number of nitrogens with one attached hydrogen (secondary N) is 1. The number of carbonyl (C=O) groups excluding carboxylic acids is 2. The zero-order valence-corrected chi connectivity index (χ0v) is 8.89. The van der Waals surface area contributed by atoms with Crippen LogP contribution < -0.4 is 5.32 Å². The van der Waals surface area contributed by atoms with Crippen molar-refractivity contribution >= 4 is 23.5 Å². The van der Waals surface area contributed by atoms with Gasteiger partial charge in [0, 0.05) is 17.9 Å². The van der Waals surface area contributed by atoms with E-state index in [9.17, 15) is 9.59 Å². The Kier molecular flexibility index (Phi) is 6.84. The third kappa shape index (κ3) is 6.48. The molecule has 0 unspecified atom stereocenters. The number of alkyl halides is 1. The summed E-state index contributed by atoms with van der Waals surface area (Å²) >= 11 is 5.34. The molecule has 1 amide bonds. The highest BCUT2D eigenvalue weighted by atomic mass is 35.5. The van der Waals surface area contributed by atoms with E-state index in [2.05, 4.69) is 11.9 Å². The van der Waals surface area contributed by atoms with Gasteiger partial charge in [0.1, 0.15) is 6.61 Å². The Morgan fingerprint density at radius 3 is 2.64 bits per heavy atom. The lowest BCUT2D eigenvalue weighted by atomic mass is 10.4. The fourth-order valence-electron chi connectivity index (χ4n) is 0.632. The number of carbonyl (C=O) groups is 2. The van der Waals surface area contributed by atoms with E-state index in [-0.39, 0.29) is 24.8 Å². The molecule has 0 saturated heterocycles. The smallest absolute Gasteiger partial charge is 0.333 e. The monoisotopic (exact) mass is 219 g/mol. The Balaban J connectivity index is 3.42. The van der Waals surface area contributed by atoms with Gasteiger partial charge in [-0.2, -0.15) is 0 Å². The van der Waals surface area contributed by atoms with Crippen molar-refractivity contribution in [2.45, 2.75) is 13.3 Å². The lowest BCUT2D eigenvalue weighted by Gasteiger charge is -2.05. The molecular formula is C9H14ClNO3. The van der Waals surface area contributed by atoms with Gasteiger partial charge in [-0.05, 0) is 6.92 Å². The second-order valence-corrected chi connectivity index (χ2v) is 3.08. The van der Waals surface area contributed by atoms with Crippen LogP contribution in [0.3, 0.4) is 0 Å². The van der Waals surface area contributed by atoms with Crippen LogP contribution in [0.1, 0.15) is 13.3 Å². The van der Waals surface area contributed by atoms with E-state index >= 15 is 0 Å². The molecule has 0 spiro atoms. The minimum absolute atomic E-state index is 0.147. The summed E-state index contributed by atoms with van der Waals surface area (Å²) in [6, 6.07) is 0. The zero-order valence-electron chi connectivity index (χ0n) is 8.14. The first-order valence-corrected chi connectivity index (χ1v) is 4.76. The van der Waals surface area contributed by atoms with Gasteiger partial charge >= 0.3 is 5.97 Å². The van der Waals surface area contributed by atoms with E-state index in [0.29, 0.717) is 12.1 Å². The van der Waals surface area contributed by atoms with E-state index in [1.807, 2.05) is 0 Å². The lowest BCUT2D eigenvalue weighted by molar-refractivity contribution is -0.139. The zero-order chi connectivity index (χ0) is 11.0. The molecule has 0 fully saturated rings. The van der Waals surface area contributed by atoms with Gasteiger partial charge in [0.2, 0.25) is 5.91 Å². The van der Waals surface area contributed by atoms with Crippen LogP contribution in [-0.2, 0) is 14.3 Å². The van der Waals surface area contributed by atoms with Crippen LogP contribution in [0.5, 0.6) is 0 Å². The lowest BCUT2D eigenvalue weighted by Crippen LogP contribution is -2.28. The highest BCUT2D eigenvalue weighted by molar-refractivity contribution is 6.18. The summed E-state index contributed by atoms with van der Waals surface area (Å²) in [5.41, 5.74) is 0.345. The molecule has 0 rings (SSSR count). The van der Waals surface area contributed by atoms with Gasteiger partial charge in [-0.3, -0.25) is 4.79 Å². The molecule has 0 bridgehead atoms. The Bertz CT molecular complexity index is 228. The van der Waals surface area contributed by atoms with Crippen LogP contribution in [-0.4, -0.2) is 30.9 Å². The van der Waals surface area contributed by atoms with Crippen molar-refractivity contribution < 1.29 is 14.3 Å². The molecule has 4 nitrogen and oxygen atoms in total. The van der Waals surface area contributed by atoms with E-state index in [1.165, 1.54) is 0 Å². The molecule has 0 radical (unpaired) electrons. The summed E-state index contributed by atoms with van der Waals surface area (Å²) in [5, 5.41) is 2.55. The Morgan fingerprint density at radius 2 is 2.14 bits per heavy atom. The van der Waals surface area contributed by atoms with Crippen molar-refractivity contribution in [3.8, 4) is 0 Å². The third-order valence-corrected chi connectivity index (χ3v) is 1.52. The van der Waals surface area contributed by atoms with Crippen molar-refractivity contribution in [1.82, 2.24) is 5.32 Å². The fourth-order valence-corrected chi connectivity index (χ4v) is 0.803. The van der Waals surface area contributed by atoms with Crippen LogP contribution in [0.2, 0.25) is 0 Å². The number of hydrogen-bond acceptors (Lipinski definition) is 3. The van der Waals surface area contributed by atoms with Crippen molar-refractivity contribution in [2.75, 3.05) is 19.0 Å². The average molecular weight is 220 g/mol. The van der Waals surface area contributed by atoms with Crippen LogP contribution in [0.25, 0.3) is 0 Å². The maximum absolute atomic E-state index is 10.9. The molecule has 0 aliphatic heterocycles. The summed E-state index contributed by atoms with van der Waals surface area (Å²) in [7, 11) is 0. The topological polar surface area (TPSA) is 55.4 Å². The SMILES string of the molecule is C=C(C)C(=O)OCCNC(=O)CCCl. The quantitative estimate of drug-likeness (QED) is 0.312. The summed E-state index contributed by atoms with van der Waals surface area (Å²) in [6.45, 7) is 5.44. The molecule has 1 N–H and O–H groups in total. The number of esters is 1. The van der Waals surface area contributed by atoms with E-state index < -0.39 is 5.97 Å². The van der Waals surface area contributed by atoms with Gasteiger partial charge in [-0.25, -0.2) is 4.79 Å². The van der Waals surface area contributed by atoms with Crippen LogP contribution in [0.15, 0.2) is 12.2 Å². The first kappa shape index (κ1) is 13.0. The molecule has 0 aliphatic rings. The van der Waals surface area contributed by atoms with Gasteiger partial charge in [0.05, 0.1) is 6.54 Å².